The molecule has 0 unspecified atom stereocenters. The summed E-state index contributed by atoms with van der Waals surface area (Å²) < 4.78 is 32.8. The van der Waals surface area contributed by atoms with Crippen LogP contribution in [0.4, 0.5) is 34.5 Å². The van der Waals surface area contributed by atoms with Crippen molar-refractivity contribution in [3.63, 3.8) is 0 Å². The number of rotatable bonds is 10. The van der Waals surface area contributed by atoms with Gasteiger partial charge < -0.3 is 25.6 Å². The zero-order valence-corrected chi connectivity index (χ0v) is 28.1. The Balaban J connectivity index is 1.28. The minimum atomic E-state index is -3.61. The number of benzene rings is 2. The van der Waals surface area contributed by atoms with E-state index in [1.165, 1.54) is 28.8 Å². The Kier molecular flexibility index (Phi) is 8.95. The molecule has 2 aliphatic heterocycles. The third kappa shape index (κ3) is 6.48. The fraction of sp³-hybridized carbons (Fsp3) is 0.400. The van der Waals surface area contributed by atoms with E-state index in [1.54, 1.807) is 31.6 Å². The molecule has 2 aromatic carbocycles. The minimum absolute atomic E-state index is 0.343. The van der Waals surface area contributed by atoms with Gasteiger partial charge in [0.2, 0.25) is 16.0 Å². The summed E-state index contributed by atoms with van der Waals surface area (Å²) in [7, 11) is -0.459. The van der Waals surface area contributed by atoms with Crippen LogP contribution in [0, 0.1) is 0 Å². The standard InChI is InChI=1S/C30H37BrN10O3S/c1-5-19-14-24(26(44-3)15-25(19)41-12-10-40(11-13-41)20-16-32-17-20)37-30-35-18-21(31)29(38-30)36-23-7-6-22-27(34-9-8-33-22)28(23)39(2)45(4,42)43/h6-9,14-15,18,20,32H,5,10-13,16-17H2,1-4H3,(H2,35,36,37,38). The van der Waals surface area contributed by atoms with Crippen LogP contribution in [0.5, 0.6) is 5.75 Å². The molecule has 0 atom stereocenters. The second-order valence-electron chi connectivity index (χ2n) is 11.1. The summed E-state index contributed by atoms with van der Waals surface area (Å²) in [6.07, 6.45) is 6.74. The molecule has 0 aliphatic carbocycles. The minimum Gasteiger partial charge on any atom is -0.494 e. The highest BCUT2D eigenvalue weighted by Gasteiger charge is 2.29. The molecule has 0 amide bonds. The van der Waals surface area contributed by atoms with Gasteiger partial charge in [0.1, 0.15) is 22.8 Å². The van der Waals surface area contributed by atoms with Gasteiger partial charge in [0.05, 0.1) is 34.7 Å². The number of nitrogens with one attached hydrogen (secondary N) is 3. The van der Waals surface area contributed by atoms with Crippen LogP contribution in [-0.4, -0.2) is 99.0 Å². The predicted molar refractivity (Wildman–Crippen MR) is 182 cm³/mol. The van der Waals surface area contributed by atoms with E-state index in [-0.39, 0.29) is 0 Å². The van der Waals surface area contributed by atoms with Crippen molar-refractivity contribution in [1.29, 1.82) is 0 Å². The van der Waals surface area contributed by atoms with Gasteiger partial charge in [0, 0.05) is 82.7 Å². The van der Waals surface area contributed by atoms with Gasteiger partial charge in [-0.1, -0.05) is 6.92 Å². The first kappa shape index (κ1) is 31.2. The van der Waals surface area contributed by atoms with Crippen LogP contribution < -0.4 is 29.9 Å². The molecule has 2 aliphatic rings. The molecule has 45 heavy (non-hydrogen) atoms. The van der Waals surface area contributed by atoms with Crippen molar-refractivity contribution in [3.8, 4) is 5.75 Å². The molecule has 4 aromatic rings. The summed E-state index contributed by atoms with van der Waals surface area (Å²) in [5, 5.41) is 9.99. The van der Waals surface area contributed by atoms with Gasteiger partial charge in [-0.2, -0.15) is 4.98 Å². The highest BCUT2D eigenvalue weighted by Crippen LogP contribution is 2.38. The van der Waals surface area contributed by atoms with E-state index in [2.05, 4.69) is 75.7 Å². The van der Waals surface area contributed by atoms with Gasteiger partial charge in [0.15, 0.2) is 0 Å². The fourth-order valence-electron chi connectivity index (χ4n) is 5.69. The summed E-state index contributed by atoms with van der Waals surface area (Å²) in [6, 6.07) is 8.40. The molecule has 2 fully saturated rings. The van der Waals surface area contributed by atoms with Crippen molar-refractivity contribution in [2.75, 3.05) is 79.5 Å². The number of anilines is 6. The second kappa shape index (κ2) is 12.9. The molecular formula is C30H37BrN10O3S. The first-order chi connectivity index (χ1) is 21.7. The zero-order chi connectivity index (χ0) is 31.7. The van der Waals surface area contributed by atoms with Gasteiger partial charge in [0.25, 0.3) is 0 Å². The lowest BCUT2D eigenvalue weighted by molar-refractivity contribution is 0.138. The molecule has 0 radical (unpaired) electrons. The lowest BCUT2D eigenvalue weighted by Crippen LogP contribution is -2.61. The quantitative estimate of drug-likeness (QED) is 0.223. The van der Waals surface area contributed by atoms with Crippen LogP contribution in [0.1, 0.15) is 12.5 Å². The number of sulfonamides is 1. The molecule has 0 spiro atoms. The Morgan fingerprint density at radius 3 is 2.49 bits per heavy atom. The predicted octanol–water partition coefficient (Wildman–Crippen LogP) is 3.73. The summed E-state index contributed by atoms with van der Waals surface area (Å²) in [4.78, 5) is 23.0. The molecular weight excluding hydrogens is 660 g/mol. The van der Waals surface area contributed by atoms with Crippen LogP contribution in [0.2, 0.25) is 0 Å². The largest absolute Gasteiger partial charge is 0.494 e. The molecule has 2 aromatic heterocycles. The van der Waals surface area contributed by atoms with Crippen molar-refractivity contribution in [1.82, 2.24) is 30.2 Å². The normalized spacial score (nSPS) is 16.0. The van der Waals surface area contributed by atoms with Crippen LogP contribution in [-0.2, 0) is 16.4 Å². The van der Waals surface area contributed by atoms with Gasteiger partial charge in [-0.25, -0.2) is 13.4 Å². The van der Waals surface area contributed by atoms with Crippen molar-refractivity contribution < 1.29 is 13.2 Å². The van der Waals surface area contributed by atoms with E-state index >= 15 is 0 Å². The van der Waals surface area contributed by atoms with Crippen LogP contribution in [0.15, 0.2) is 47.3 Å². The van der Waals surface area contributed by atoms with Crippen molar-refractivity contribution in [3.05, 3.63) is 52.9 Å². The van der Waals surface area contributed by atoms with Gasteiger partial charge in [-0.05, 0) is 46.1 Å². The van der Waals surface area contributed by atoms with E-state index in [1.807, 2.05) is 0 Å². The molecule has 0 bridgehead atoms. The van der Waals surface area contributed by atoms with E-state index in [9.17, 15) is 8.42 Å². The summed E-state index contributed by atoms with van der Waals surface area (Å²) in [5.74, 6) is 1.47. The molecule has 4 heterocycles. The van der Waals surface area contributed by atoms with Gasteiger partial charge >= 0.3 is 0 Å². The summed E-state index contributed by atoms with van der Waals surface area (Å²) >= 11 is 3.54. The number of halogens is 1. The molecule has 3 N–H and O–H groups in total. The lowest BCUT2D eigenvalue weighted by Gasteiger charge is -2.44. The summed E-state index contributed by atoms with van der Waals surface area (Å²) in [6.45, 7) is 8.36. The first-order valence-corrected chi connectivity index (χ1v) is 17.4. The Morgan fingerprint density at radius 2 is 1.82 bits per heavy atom. The maximum Gasteiger partial charge on any atom is 0.232 e. The number of aryl methyl sites for hydroxylation is 1. The molecule has 0 saturated carbocycles. The van der Waals surface area contributed by atoms with Crippen LogP contribution >= 0.6 is 15.9 Å². The van der Waals surface area contributed by atoms with E-state index in [0.29, 0.717) is 50.4 Å². The number of hydrogen-bond acceptors (Lipinski definition) is 12. The Morgan fingerprint density at radius 1 is 1.07 bits per heavy atom. The van der Waals surface area contributed by atoms with Gasteiger partial charge in [-0.3, -0.25) is 19.2 Å². The van der Waals surface area contributed by atoms with Crippen molar-refractivity contribution in [2.45, 2.75) is 19.4 Å². The smallest absolute Gasteiger partial charge is 0.232 e. The average molecular weight is 698 g/mol. The number of aromatic nitrogens is 4. The van der Waals surface area contributed by atoms with E-state index < -0.39 is 10.0 Å². The zero-order valence-electron chi connectivity index (χ0n) is 25.7. The monoisotopic (exact) mass is 696 g/mol. The van der Waals surface area contributed by atoms with Crippen molar-refractivity contribution in [2.24, 2.45) is 0 Å². The van der Waals surface area contributed by atoms with Crippen LogP contribution in [0.3, 0.4) is 0 Å². The van der Waals surface area contributed by atoms with E-state index in [4.69, 9.17) is 9.72 Å². The molecule has 238 valence electrons. The highest BCUT2D eigenvalue weighted by atomic mass is 79.9. The Labute approximate surface area is 271 Å². The van der Waals surface area contributed by atoms with Crippen molar-refractivity contribution >= 4 is 71.5 Å². The average Bonchev–Trinajstić information content (AvgIpc) is 3.01. The third-order valence-electron chi connectivity index (χ3n) is 8.38. The number of fused-ring (bicyclic) bond motifs is 1. The number of nitrogens with zero attached hydrogens (tertiary/aromatic N) is 7. The maximum absolute atomic E-state index is 12.6. The molecule has 13 nitrogen and oxygen atoms in total. The molecule has 6 rings (SSSR count). The number of piperazine rings is 1. The topological polar surface area (TPSA) is 141 Å². The number of methoxy groups -OCH3 is 1. The van der Waals surface area contributed by atoms with E-state index in [0.717, 1.165) is 57.6 Å². The molecule has 2 saturated heterocycles. The summed E-state index contributed by atoms with van der Waals surface area (Å²) in [5.41, 5.74) is 5.01. The molecule has 15 heteroatoms. The van der Waals surface area contributed by atoms with Crippen LogP contribution in [0.25, 0.3) is 11.0 Å². The lowest BCUT2D eigenvalue weighted by atomic mass is 10.1. The Bertz CT molecular complexity index is 1810. The number of hydrogen-bond donors (Lipinski definition) is 3. The first-order valence-electron chi connectivity index (χ1n) is 14.8. The number of ether oxygens (including phenoxy) is 1. The fourth-order valence-corrected chi connectivity index (χ4v) is 6.49. The maximum atomic E-state index is 12.6. The van der Waals surface area contributed by atoms with Gasteiger partial charge in [-0.15, -0.1) is 0 Å². The highest BCUT2D eigenvalue weighted by molar-refractivity contribution is 9.10. The second-order valence-corrected chi connectivity index (χ2v) is 14.0. The third-order valence-corrected chi connectivity index (χ3v) is 10.1. The SMILES string of the molecule is CCc1cc(Nc2ncc(Br)c(Nc3ccc4nccnc4c3N(C)S(C)(=O)=O)n2)c(OC)cc1N1CCN(C2CNC2)CC1. The Hall–Kier alpha value is -3.79.